The maximum Gasteiger partial charge on any atom is 0.264 e. The van der Waals surface area contributed by atoms with Gasteiger partial charge in [-0.15, -0.1) is 0 Å². The topological polar surface area (TPSA) is 60.2 Å². The number of para-hydroxylation sites is 1. The van der Waals surface area contributed by atoms with E-state index in [4.69, 9.17) is 20.9 Å². The summed E-state index contributed by atoms with van der Waals surface area (Å²) in [6.45, 7) is 6.84. The third-order valence-corrected chi connectivity index (χ3v) is 2.96. The number of nitrogens with one attached hydrogen (secondary N) is 1. The first kappa shape index (κ1) is 14.8. The normalized spacial score (nSPS) is 11.1. The van der Waals surface area contributed by atoms with Gasteiger partial charge < -0.3 is 14.6 Å². The van der Waals surface area contributed by atoms with E-state index in [2.05, 4.69) is 29.3 Å². The molecule has 0 bridgehead atoms. The van der Waals surface area contributed by atoms with Gasteiger partial charge in [0.25, 0.3) is 5.89 Å². The molecule has 2 aromatic rings. The summed E-state index contributed by atoms with van der Waals surface area (Å²) in [4.78, 5) is 4.10. The highest BCUT2D eigenvalue weighted by molar-refractivity contribution is 6.32. The van der Waals surface area contributed by atoms with E-state index in [1.54, 1.807) is 13.0 Å². The van der Waals surface area contributed by atoms with Crippen LogP contribution in [0, 0.1) is 6.92 Å². The molecule has 0 amide bonds. The summed E-state index contributed by atoms with van der Waals surface area (Å²) in [6, 6.07) is 6.08. The lowest BCUT2D eigenvalue weighted by molar-refractivity contribution is 0.240. The Kier molecular flexibility index (Phi) is 4.98. The van der Waals surface area contributed by atoms with Crippen molar-refractivity contribution in [1.82, 2.24) is 15.5 Å². The number of ether oxygens (including phenoxy) is 1. The van der Waals surface area contributed by atoms with Gasteiger partial charge in [0, 0.05) is 18.2 Å². The smallest absolute Gasteiger partial charge is 0.264 e. The van der Waals surface area contributed by atoms with Gasteiger partial charge >= 0.3 is 0 Å². The first-order valence-electron chi connectivity index (χ1n) is 6.49. The Labute approximate surface area is 123 Å². The zero-order valence-corrected chi connectivity index (χ0v) is 12.6. The molecule has 0 aliphatic carbocycles. The van der Waals surface area contributed by atoms with E-state index in [9.17, 15) is 0 Å². The van der Waals surface area contributed by atoms with Crippen molar-refractivity contribution in [2.45, 2.75) is 40.0 Å². The summed E-state index contributed by atoms with van der Waals surface area (Å²) in [7, 11) is 0. The summed E-state index contributed by atoms with van der Waals surface area (Å²) in [5.41, 5.74) is 1.00. The molecular weight excluding hydrogens is 278 g/mol. The highest BCUT2D eigenvalue weighted by Crippen LogP contribution is 2.29. The van der Waals surface area contributed by atoms with Gasteiger partial charge in [-0.1, -0.05) is 42.7 Å². The molecule has 6 heteroatoms. The Morgan fingerprint density at radius 2 is 2.20 bits per heavy atom. The van der Waals surface area contributed by atoms with Crippen LogP contribution in [0.5, 0.6) is 5.75 Å². The van der Waals surface area contributed by atoms with Crippen LogP contribution in [0.1, 0.15) is 31.1 Å². The van der Waals surface area contributed by atoms with Gasteiger partial charge in [-0.25, -0.2) is 0 Å². The van der Waals surface area contributed by atoms with Crippen LogP contribution in [0.25, 0.3) is 0 Å². The number of benzene rings is 1. The van der Waals surface area contributed by atoms with E-state index in [1.807, 2.05) is 12.1 Å². The van der Waals surface area contributed by atoms with E-state index in [1.165, 1.54) is 0 Å². The lowest BCUT2D eigenvalue weighted by Crippen LogP contribution is -2.22. The second kappa shape index (κ2) is 6.72. The molecule has 5 nitrogen and oxygen atoms in total. The van der Waals surface area contributed by atoms with Crippen molar-refractivity contribution in [1.29, 1.82) is 0 Å². The zero-order chi connectivity index (χ0) is 14.5. The maximum absolute atomic E-state index is 6.20. The molecule has 1 N–H and O–H groups in total. The number of rotatable bonds is 6. The third kappa shape index (κ3) is 3.95. The predicted octanol–water partition coefficient (Wildman–Crippen LogP) is 3.11. The average molecular weight is 296 g/mol. The molecule has 1 heterocycles. The number of nitrogens with zero attached hydrogens (tertiary/aromatic N) is 2. The Balaban J connectivity index is 2.08. The lowest BCUT2D eigenvalue weighted by atomic mass is 10.2. The number of aromatic nitrogens is 2. The number of hydrogen-bond donors (Lipinski definition) is 1. The zero-order valence-electron chi connectivity index (χ0n) is 11.8. The van der Waals surface area contributed by atoms with E-state index in [0.717, 1.165) is 5.56 Å². The maximum atomic E-state index is 6.20. The molecule has 0 atom stereocenters. The molecule has 0 unspecified atom stereocenters. The third-order valence-electron chi connectivity index (χ3n) is 2.66. The fraction of sp³-hybridized carbons (Fsp3) is 0.429. The first-order chi connectivity index (χ1) is 9.56. The standard InChI is InChI=1S/C14H18ClN3O2/c1-9(2)16-7-11-5-4-6-12(15)14(11)19-8-13-17-10(3)18-20-13/h4-6,9,16H,7-8H2,1-3H3. The van der Waals surface area contributed by atoms with Crippen LogP contribution >= 0.6 is 11.6 Å². The molecule has 0 saturated heterocycles. The summed E-state index contributed by atoms with van der Waals surface area (Å²) in [5, 5.41) is 7.64. The molecule has 20 heavy (non-hydrogen) atoms. The Hall–Kier alpha value is -1.59. The predicted molar refractivity (Wildman–Crippen MR) is 76.8 cm³/mol. The molecule has 0 aliphatic rings. The van der Waals surface area contributed by atoms with E-state index in [0.29, 0.717) is 35.1 Å². The van der Waals surface area contributed by atoms with E-state index < -0.39 is 0 Å². The SMILES string of the molecule is Cc1noc(COc2c(Cl)cccc2CNC(C)C)n1. The van der Waals surface area contributed by atoms with Gasteiger partial charge in [-0.2, -0.15) is 4.98 Å². The summed E-state index contributed by atoms with van der Waals surface area (Å²) in [5.74, 6) is 1.67. The van der Waals surface area contributed by atoms with Crippen LogP contribution in [0.3, 0.4) is 0 Å². The molecule has 108 valence electrons. The minimum absolute atomic E-state index is 0.208. The van der Waals surface area contributed by atoms with Crippen molar-refractivity contribution in [3.8, 4) is 5.75 Å². The van der Waals surface area contributed by atoms with Gasteiger partial charge in [0.05, 0.1) is 5.02 Å². The molecule has 0 spiro atoms. The second-order valence-electron chi connectivity index (χ2n) is 4.79. The molecular formula is C14H18ClN3O2. The Bertz CT molecular complexity index is 569. The molecule has 1 aromatic carbocycles. The van der Waals surface area contributed by atoms with Crippen molar-refractivity contribution < 1.29 is 9.26 Å². The van der Waals surface area contributed by atoms with Crippen molar-refractivity contribution in [3.63, 3.8) is 0 Å². The Morgan fingerprint density at radius 1 is 1.40 bits per heavy atom. The van der Waals surface area contributed by atoms with Crippen molar-refractivity contribution in [2.75, 3.05) is 0 Å². The number of hydrogen-bond acceptors (Lipinski definition) is 5. The van der Waals surface area contributed by atoms with Gasteiger partial charge in [0.15, 0.2) is 12.4 Å². The molecule has 0 aliphatic heterocycles. The quantitative estimate of drug-likeness (QED) is 0.887. The molecule has 2 rings (SSSR count). The lowest BCUT2D eigenvalue weighted by Gasteiger charge is -2.14. The fourth-order valence-electron chi connectivity index (χ4n) is 1.70. The van der Waals surface area contributed by atoms with E-state index in [-0.39, 0.29) is 6.61 Å². The van der Waals surface area contributed by atoms with Crippen LogP contribution in [0.2, 0.25) is 5.02 Å². The highest BCUT2D eigenvalue weighted by atomic mass is 35.5. The average Bonchev–Trinajstić information content (AvgIpc) is 2.81. The molecule has 0 fully saturated rings. The number of aryl methyl sites for hydroxylation is 1. The van der Waals surface area contributed by atoms with Gasteiger partial charge in [-0.05, 0) is 13.0 Å². The van der Waals surface area contributed by atoms with Crippen LogP contribution in [0.4, 0.5) is 0 Å². The van der Waals surface area contributed by atoms with E-state index >= 15 is 0 Å². The van der Waals surface area contributed by atoms with Gasteiger partial charge in [0.2, 0.25) is 0 Å². The fourth-order valence-corrected chi connectivity index (χ4v) is 1.95. The van der Waals surface area contributed by atoms with Crippen LogP contribution < -0.4 is 10.1 Å². The Morgan fingerprint density at radius 3 is 2.85 bits per heavy atom. The first-order valence-corrected chi connectivity index (χ1v) is 6.87. The molecule has 0 radical (unpaired) electrons. The van der Waals surface area contributed by atoms with Gasteiger partial charge in [0.1, 0.15) is 5.75 Å². The van der Waals surface area contributed by atoms with Crippen LogP contribution in [-0.4, -0.2) is 16.2 Å². The molecule has 1 aromatic heterocycles. The largest absolute Gasteiger partial charge is 0.482 e. The van der Waals surface area contributed by atoms with Crippen molar-refractivity contribution in [2.24, 2.45) is 0 Å². The summed E-state index contributed by atoms with van der Waals surface area (Å²) < 4.78 is 10.8. The van der Waals surface area contributed by atoms with Crippen molar-refractivity contribution >= 4 is 11.6 Å². The molecule has 0 saturated carbocycles. The monoisotopic (exact) mass is 295 g/mol. The van der Waals surface area contributed by atoms with Gasteiger partial charge in [-0.3, -0.25) is 0 Å². The van der Waals surface area contributed by atoms with Crippen molar-refractivity contribution in [3.05, 3.63) is 40.5 Å². The van der Waals surface area contributed by atoms with Crippen LogP contribution in [-0.2, 0) is 13.2 Å². The van der Waals surface area contributed by atoms with Crippen LogP contribution in [0.15, 0.2) is 22.7 Å². The minimum atomic E-state index is 0.208. The minimum Gasteiger partial charge on any atom is -0.482 e. The number of halogens is 1. The second-order valence-corrected chi connectivity index (χ2v) is 5.19. The highest BCUT2D eigenvalue weighted by Gasteiger charge is 2.11. The summed E-state index contributed by atoms with van der Waals surface area (Å²) in [6.07, 6.45) is 0. The summed E-state index contributed by atoms with van der Waals surface area (Å²) >= 11 is 6.20.